The number of anilines is 1. The summed E-state index contributed by atoms with van der Waals surface area (Å²) in [5, 5.41) is 9.29. The Labute approximate surface area is 212 Å². The minimum Gasteiger partial charge on any atom is -0.375 e. The highest BCUT2D eigenvalue weighted by atomic mass is 127. The average molecular weight is 575 g/mol. The molecule has 0 aliphatic rings. The molecule has 10 heteroatoms. The van der Waals surface area contributed by atoms with Crippen molar-refractivity contribution in [3.8, 4) is 0 Å². The van der Waals surface area contributed by atoms with Gasteiger partial charge in [0.1, 0.15) is 11.1 Å². The first-order chi connectivity index (χ1) is 14.8. The number of nitrogens with one attached hydrogen (secondary N) is 2. The number of likely N-dealkylation sites (N-methyl/N-ethyl adjacent to an activating group) is 1. The van der Waals surface area contributed by atoms with E-state index in [1.54, 1.807) is 18.4 Å². The summed E-state index contributed by atoms with van der Waals surface area (Å²) in [4.78, 5) is 25.3. The maximum Gasteiger partial charge on any atom is 0.238 e. The fraction of sp³-hybridized carbons (Fsp3) is 0.500. The molecule has 1 heterocycles. The summed E-state index contributed by atoms with van der Waals surface area (Å²) in [6, 6.07) is 7.78. The number of benzene rings is 1. The van der Waals surface area contributed by atoms with E-state index in [9.17, 15) is 4.79 Å². The summed E-state index contributed by atoms with van der Waals surface area (Å²) < 4.78 is 5.35. The molecule has 0 saturated carbocycles. The molecule has 2 aromatic rings. The van der Waals surface area contributed by atoms with Gasteiger partial charge >= 0.3 is 0 Å². The maximum atomic E-state index is 12.0. The molecule has 1 unspecified atom stereocenters. The molecule has 0 spiro atoms. The summed E-state index contributed by atoms with van der Waals surface area (Å²) in [6.45, 7) is 6.32. The number of carbonyl (C=O) groups is 1. The molecule has 0 saturated heterocycles. The van der Waals surface area contributed by atoms with Crippen LogP contribution in [0.3, 0.4) is 0 Å². The molecule has 1 aromatic carbocycles. The molecule has 2 rings (SSSR count). The van der Waals surface area contributed by atoms with E-state index >= 15 is 0 Å². The molecule has 1 atom stereocenters. The second-order valence-corrected chi connectivity index (χ2v) is 8.46. The summed E-state index contributed by atoms with van der Waals surface area (Å²) in [7, 11) is 7.43. The van der Waals surface area contributed by atoms with Gasteiger partial charge in [-0.25, -0.2) is 9.98 Å². The van der Waals surface area contributed by atoms with E-state index in [2.05, 4.69) is 25.9 Å². The van der Waals surface area contributed by atoms with Gasteiger partial charge in [-0.2, -0.15) is 0 Å². The van der Waals surface area contributed by atoms with Crippen LogP contribution in [-0.4, -0.2) is 68.0 Å². The van der Waals surface area contributed by atoms with Crippen LogP contribution in [-0.2, 0) is 22.6 Å². The van der Waals surface area contributed by atoms with Crippen LogP contribution < -0.4 is 10.6 Å². The number of nitrogens with zero attached hydrogens (tertiary/aromatic N) is 4. The lowest BCUT2D eigenvalue weighted by atomic mass is 10.2. The zero-order chi connectivity index (χ0) is 22.8. The molecule has 0 aliphatic heterocycles. The number of ether oxygens (including phenoxy) is 1. The van der Waals surface area contributed by atoms with E-state index in [-0.39, 0.29) is 36.0 Å². The van der Waals surface area contributed by atoms with Gasteiger partial charge in [0.05, 0.1) is 25.3 Å². The minimum atomic E-state index is -0.0378. The number of hydrogen-bond acceptors (Lipinski definition) is 6. The standard InChI is InChI=1S/C22H34N6O2S.HI/c1-7-23-22(28(5)13-19-15-31-21(26-19)16(2)30-6)24-12-17-9-8-10-18(11-17)25-20(29)14-27(3)4;/h8-11,15-16H,7,12-14H2,1-6H3,(H,23,24)(H,25,29);1H. The maximum absolute atomic E-state index is 12.0. The van der Waals surface area contributed by atoms with Crippen LogP contribution in [0.2, 0.25) is 0 Å². The van der Waals surface area contributed by atoms with Crippen LogP contribution in [0.5, 0.6) is 0 Å². The number of guanidine groups is 1. The van der Waals surface area contributed by atoms with Crippen LogP contribution >= 0.6 is 35.3 Å². The zero-order valence-electron chi connectivity index (χ0n) is 19.7. The Hall–Kier alpha value is -1.76. The lowest BCUT2D eigenvalue weighted by Gasteiger charge is -2.21. The van der Waals surface area contributed by atoms with Crippen molar-refractivity contribution in [2.24, 2.45) is 4.99 Å². The van der Waals surface area contributed by atoms with Gasteiger partial charge in [0.25, 0.3) is 0 Å². The van der Waals surface area contributed by atoms with Crippen molar-refractivity contribution < 1.29 is 9.53 Å². The Kier molecular flexibility index (Phi) is 12.7. The number of thiazole rings is 1. The van der Waals surface area contributed by atoms with Gasteiger partial charge in [-0.3, -0.25) is 4.79 Å². The number of halogens is 1. The second kappa shape index (κ2) is 14.4. The van der Waals surface area contributed by atoms with Crippen molar-refractivity contribution in [3.05, 3.63) is 45.9 Å². The Morgan fingerprint density at radius 3 is 2.72 bits per heavy atom. The molecule has 0 bridgehead atoms. The van der Waals surface area contributed by atoms with Crippen molar-refractivity contribution >= 4 is 52.9 Å². The highest BCUT2D eigenvalue weighted by Crippen LogP contribution is 2.21. The Morgan fingerprint density at radius 1 is 1.31 bits per heavy atom. The van der Waals surface area contributed by atoms with Crippen molar-refractivity contribution in [1.29, 1.82) is 0 Å². The molecular formula is C22H35IN6O2S. The lowest BCUT2D eigenvalue weighted by molar-refractivity contribution is -0.116. The summed E-state index contributed by atoms with van der Waals surface area (Å²) >= 11 is 1.61. The number of methoxy groups -OCH3 is 1. The predicted octanol–water partition coefficient (Wildman–Crippen LogP) is 3.57. The average Bonchev–Trinajstić information content (AvgIpc) is 3.18. The van der Waals surface area contributed by atoms with E-state index in [4.69, 9.17) is 9.73 Å². The monoisotopic (exact) mass is 574 g/mol. The summed E-state index contributed by atoms with van der Waals surface area (Å²) in [5.41, 5.74) is 2.79. The van der Waals surface area contributed by atoms with Crippen LogP contribution in [0, 0.1) is 0 Å². The smallest absolute Gasteiger partial charge is 0.238 e. The van der Waals surface area contributed by atoms with Crippen molar-refractivity contribution in [1.82, 2.24) is 20.1 Å². The molecule has 178 valence electrons. The predicted molar refractivity (Wildman–Crippen MR) is 143 cm³/mol. The topological polar surface area (TPSA) is 82.1 Å². The van der Waals surface area contributed by atoms with Crippen LogP contribution in [0.4, 0.5) is 5.69 Å². The van der Waals surface area contributed by atoms with Crippen LogP contribution in [0.1, 0.15) is 36.2 Å². The molecule has 1 amide bonds. The normalized spacial score (nSPS) is 12.3. The number of aromatic nitrogens is 1. The van der Waals surface area contributed by atoms with Gasteiger partial charge < -0.3 is 25.2 Å². The van der Waals surface area contributed by atoms with Gasteiger partial charge in [0.15, 0.2) is 5.96 Å². The Balaban J connectivity index is 0.00000512. The fourth-order valence-electron chi connectivity index (χ4n) is 2.87. The second-order valence-electron chi connectivity index (χ2n) is 7.57. The number of amides is 1. The third-order valence-electron chi connectivity index (χ3n) is 4.45. The minimum absolute atomic E-state index is 0. The molecule has 0 radical (unpaired) electrons. The molecular weight excluding hydrogens is 539 g/mol. The zero-order valence-corrected chi connectivity index (χ0v) is 22.9. The van der Waals surface area contributed by atoms with Crippen LogP contribution in [0.15, 0.2) is 34.6 Å². The molecule has 1 aromatic heterocycles. The summed E-state index contributed by atoms with van der Waals surface area (Å²) in [6.07, 6.45) is -0.00328. The number of aliphatic imine (C=N–C) groups is 1. The van der Waals surface area contributed by atoms with E-state index in [1.807, 2.05) is 64.2 Å². The number of carbonyl (C=O) groups excluding carboxylic acids is 1. The Bertz CT molecular complexity index is 874. The first kappa shape index (κ1) is 28.3. The van der Waals surface area contributed by atoms with E-state index in [0.717, 1.165) is 34.5 Å². The first-order valence-electron chi connectivity index (χ1n) is 10.3. The first-order valence-corrected chi connectivity index (χ1v) is 11.2. The third-order valence-corrected chi connectivity index (χ3v) is 5.50. The quantitative estimate of drug-likeness (QED) is 0.257. The van der Waals surface area contributed by atoms with Gasteiger partial charge in [-0.05, 0) is 45.6 Å². The van der Waals surface area contributed by atoms with Crippen molar-refractivity contribution in [3.63, 3.8) is 0 Å². The molecule has 32 heavy (non-hydrogen) atoms. The number of rotatable bonds is 10. The van der Waals surface area contributed by atoms with Gasteiger partial charge in [-0.1, -0.05) is 12.1 Å². The number of hydrogen-bond donors (Lipinski definition) is 2. The van der Waals surface area contributed by atoms with E-state index < -0.39 is 0 Å². The van der Waals surface area contributed by atoms with Gasteiger partial charge in [0.2, 0.25) is 5.91 Å². The van der Waals surface area contributed by atoms with Crippen molar-refractivity contribution in [2.45, 2.75) is 33.0 Å². The van der Waals surface area contributed by atoms with E-state index in [1.165, 1.54) is 0 Å². The lowest BCUT2D eigenvalue weighted by Crippen LogP contribution is -2.38. The van der Waals surface area contributed by atoms with Gasteiger partial charge in [0, 0.05) is 31.8 Å². The van der Waals surface area contributed by atoms with Crippen molar-refractivity contribution in [2.75, 3.05) is 46.7 Å². The highest BCUT2D eigenvalue weighted by Gasteiger charge is 2.13. The van der Waals surface area contributed by atoms with Crippen LogP contribution in [0.25, 0.3) is 0 Å². The highest BCUT2D eigenvalue weighted by molar-refractivity contribution is 14.0. The van der Waals surface area contributed by atoms with Gasteiger partial charge in [-0.15, -0.1) is 35.3 Å². The fourth-order valence-corrected chi connectivity index (χ4v) is 3.71. The molecule has 0 fully saturated rings. The molecule has 8 nitrogen and oxygen atoms in total. The molecule has 2 N–H and O–H groups in total. The summed E-state index contributed by atoms with van der Waals surface area (Å²) in [5.74, 6) is 0.767. The Morgan fingerprint density at radius 2 is 2.06 bits per heavy atom. The largest absolute Gasteiger partial charge is 0.375 e. The third kappa shape index (κ3) is 9.39. The molecule has 0 aliphatic carbocycles. The SMILES string of the molecule is CCNC(=NCc1cccc(NC(=O)CN(C)C)c1)N(C)Cc1csc(C(C)OC)n1.I. The van der Waals surface area contributed by atoms with E-state index in [0.29, 0.717) is 19.6 Å².